The summed E-state index contributed by atoms with van der Waals surface area (Å²) in [5.74, 6) is 0. The first-order valence-corrected chi connectivity index (χ1v) is 4.67. The number of carbonyl (C=O) groups excluding carboxylic acids is 1. The lowest BCUT2D eigenvalue weighted by molar-refractivity contribution is 0.0508. The molecule has 0 aromatic heterocycles. The van der Waals surface area contributed by atoms with Crippen molar-refractivity contribution >= 4 is 18.5 Å². The summed E-state index contributed by atoms with van der Waals surface area (Å²) >= 11 is 0. The van der Waals surface area contributed by atoms with Gasteiger partial charge in [0.1, 0.15) is 5.60 Å². The first kappa shape index (κ1) is 13.5. The highest BCUT2D eigenvalue weighted by molar-refractivity contribution is 5.85. The van der Waals surface area contributed by atoms with E-state index in [0.717, 1.165) is 19.5 Å². The number of hydrogen-bond acceptors (Lipinski definition) is 3. The molecule has 1 rings (SSSR count). The molecular weight excluding hydrogens is 204 g/mol. The van der Waals surface area contributed by atoms with Gasteiger partial charge in [-0.05, 0) is 33.7 Å². The largest absolute Gasteiger partial charge is 0.444 e. The maximum Gasteiger partial charge on any atom is 0.407 e. The van der Waals surface area contributed by atoms with E-state index < -0.39 is 5.60 Å². The second-order valence-electron chi connectivity index (χ2n) is 4.34. The molecule has 1 fully saturated rings. The molecular formula is C9H19ClN2O2. The average Bonchev–Trinajstić information content (AvgIpc) is 2.34. The fourth-order valence-electron chi connectivity index (χ4n) is 1.25. The van der Waals surface area contributed by atoms with E-state index in [2.05, 4.69) is 10.6 Å². The zero-order chi connectivity index (χ0) is 9.90. The Hall–Kier alpha value is -0.480. The van der Waals surface area contributed by atoms with Crippen LogP contribution in [-0.2, 0) is 4.74 Å². The third kappa shape index (κ3) is 5.29. The smallest absolute Gasteiger partial charge is 0.407 e. The van der Waals surface area contributed by atoms with Gasteiger partial charge in [0.05, 0.1) is 0 Å². The van der Waals surface area contributed by atoms with Crippen molar-refractivity contribution in [3.05, 3.63) is 0 Å². The van der Waals surface area contributed by atoms with Gasteiger partial charge in [-0.15, -0.1) is 12.4 Å². The predicted octanol–water partition coefficient (Wildman–Crippen LogP) is 1.29. The first-order valence-electron chi connectivity index (χ1n) is 4.67. The van der Waals surface area contributed by atoms with Crippen molar-refractivity contribution in [3.8, 4) is 0 Å². The number of alkyl carbamates (subject to hydrolysis) is 1. The second kappa shape index (κ2) is 5.41. The van der Waals surface area contributed by atoms with E-state index in [4.69, 9.17) is 4.74 Å². The summed E-state index contributed by atoms with van der Waals surface area (Å²) in [7, 11) is 0. The van der Waals surface area contributed by atoms with E-state index in [9.17, 15) is 4.79 Å². The van der Waals surface area contributed by atoms with Crippen LogP contribution < -0.4 is 10.6 Å². The van der Waals surface area contributed by atoms with Gasteiger partial charge in [0.2, 0.25) is 0 Å². The molecule has 1 aliphatic heterocycles. The molecule has 1 heterocycles. The van der Waals surface area contributed by atoms with E-state index >= 15 is 0 Å². The molecule has 5 heteroatoms. The number of ether oxygens (including phenoxy) is 1. The quantitative estimate of drug-likeness (QED) is 0.703. The van der Waals surface area contributed by atoms with Gasteiger partial charge in [-0.25, -0.2) is 4.79 Å². The van der Waals surface area contributed by atoms with Crippen LogP contribution in [0.4, 0.5) is 4.79 Å². The summed E-state index contributed by atoms with van der Waals surface area (Å²) < 4.78 is 5.12. The Bertz CT molecular complexity index is 186. The van der Waals surface area contributed by atoms with Crippen LogP contribution in [0.2, 0.25) is 0 Å². The molecule has 1 aliphatic rings. The van der Waals surface area contributed by atoms with Crippen LogP contribution in [0.5, 0.6) is 0 Å². The Morgan fingerprint density at radius 1 is 1.50 bits per heavy atom. The Balaban J connectivity index is 0.00000169. The van der Waals surface area contributed by atoms with Crippen molar-refractivity contribution in [2.24, 2.45) is 0 Å². The number of amides is 1. The fourth-order valence-corrected chi connectivity index (χ4v) is 1.25. The Labute approximate surface area is 91.2 Å². The van der Waals surface area contributed by atoms with Crippen molar-refractivity contribution in [1.82, 2.24) is 10.6 Å². The Morgan fingerprint density at radius 2 is 2.14 bits per heavy atom. The van der Waals surface area contributed by atoms with Gasteiger partial charge in [0, 0.05) is 12.6 Å². The van der Waals surface area contributed by atoms with Crippen molar-refractivity contribution in [2.45, 2.75) is 38.8 Å². The predicted molar refractivity (Wildman–Crippen MR) is 57.9 cm³/mol. The van der Waals surface area contributed by atoms with Crippen molar-refractivity contribution in [3.63, 3.8) is 0 Å². The normalized spacial score (nSPS) is 21.2. The second-order valence-corrected chi connectivity index (χ2v) is 4.34. The summed E-state index contributed by atoms with van der Waals surface area (Å²) in [6.45, 7) is 7.40. The molecule has 0 unspecified atom stereocenters. The molecule has 1 atom stereocenters. The summed E-state index contributed by atoms with van der Waals surface area (Å²) in [5.41, 5.74) is -0.407. The first-order chi connectivity index (χ1) is 5.97. The number of carbonyl (C=O) groups is 1. The van der Waals surface area contributed by atoms with Crippen LogP contribution in [0.25, 0.3) is 0 Å². The topological polar surface area (TPSA) is 50.4 Å². The standard InChI is InChI=1S/C9H18N2O2.ClH/c1-9(2,3)13-8(12)11-7-4-5-10-6-7;/h7,10H,4-6H2,1-3H3,(H,11,12);1H/t7-;/m1./s1. The molecule has 0 aromatic rings. The van der Waals surface area contributed by atoms with Crippen molar-refractivity contribution in [2.75, 3.05) is 13.1 Å². The molecule has 84 valence electrons. The zero-order valence-electron chi connectivity index (χ0n) is 8.92. The highest BCUT2D eigenvalue weighted by Gasteiger charge is 2.21. The number of rotatable bonds is 1. The van der Waals surface area contributed by atoms with Crippen LogP contribution in [-0.4, -0.2) is 30.8 Å². The summed E-state index contributed by atoms with van der Waals surface area (Å²) in [6, 6.07) is 0.231. The maximum atomic E-state index is 11.3. The van der Waals surface area contributed by atoms with Gasteiger partial charge in [-0.1, -0.05) is 0 Å². The van der Waals surface area contributed by atoms with Gasteiger partial charge < -0.3 is 15.4 Å². The van der Waals surface area contributed by atoms with Gasteiger partial charge >= 0.3 is 6.09 Å². The molecule has 2 N–H and O–H groups in total. The minimum absolute atomic E-state index is 0. The third-order valence-corrected chi connectivity index (χ3v) is 1.78. The molecule has 0 aliphatic carbocycles. The van der Waals surface area contributed by atoms with Crippen LogP contribution in [0, 0.1) is 0 Å². The third-order valence-electron chi connectivity index (χ3n) is 1.78. The molecule has 4 nitrogen and oxygen atoms in total. The van der Waals surface area contributed by atoms with E-state index in [1.807, 2.05) is 20.8 Å². The van der Waals surface area contributed by atoms with E-state index in [1.165, 1.54) is 0 Å². The summed E-state index contributed by atoms with van der Waals surface area (Å²) in [4.78, 5) is 11.3. The van der Waals surface area contributed by atoms with Gasteiger partial charge in [0.15, 0.2) is 0 Å². The van der Waals surface area contributed by atoms with E-state index in [1.54, 1.807) is 0 Å². The molecule has 0 saturated carbocycles. The minimum Gasteiger partial charge on any atom is -0.444 e. The van der Waals surface area contributed by atoms with Gasteiger partial charge in [-0.2, -0.15) is 0 Å². The number of halogens is 1. The zero-order valence-corrected chi connectivity index (χ0v) is 9.74. The van der Waals surface area contributed by atoms with E-state index in [0.29, 0.717) is 0 Å². The van der Waals surface area contributed by atoms with Crippen LogP contribution in [0.3, 0.4) is 0 Å². The highest BCUT2D eigenvalue weighted by Crippen LogP contribution is 2.07. The molecule has 0 bridgehead atoms. The molecule has 1 saturated heterocycles. The highest BCUT2D eigenvalue weighted by atomic mass is 35.5. The number of hydrogen-bond donors (Lipinski definition) is 2. The van der Waals surface area contributed by atoms with Crippen molar-refractivity contribution in [1.29, 1.82) is 0 Å². The lowest BCUT2D eigenvalue weighted by Crippen LogP contribution is -2.40. The average molecular weight is 223 g/mol. The van der Waals surface area contributed by atoms with Gasteiger partial charge in [-0.3, -0.25) is 0 Å². The Kier molecular flexibility index (Phi) is 5.23. The molecule has 0 aromatic carbocycles. The summed E-state index contributed by atoms with van der Waals surface area (Å²) in [6.07, 6.45) is 0.667. The maximum absolute atomic E-state index is 11.3. The van der Waals surface area contributed by atoms with E-state index in [-0.39, 0.29) is 24.5 Å². The Morgan fingerprint density at radius 3 is 2.57 bits per heavy atom. The molecule has 14 heavy (non-hydrogen) atoms. The van der Waals surface area contributed by atoms with Crippen molar-refractivity contribution < 1.29 is 9.53 Å². The van der Waals surface area contributed by atoms with Crippen LogP contribution >= 0.6 is 12.4 Å². The molecule has 0 spiro atoms. The molecule has 1 amide bonds. The lowest BCUT2D eigenvalue weighted by Gasteiger charge is -2.21. The lowest BCUT2D eigenvalue weighted by atomic mass is 10.2. The van der Waals surface area contributed by atoms with Crippen LogP contribution in [0.1, 0.15) is 27.2 Å². The minimum atomic E-state index is -0.407. The summed E-state index contributed by atoms with van der Waals surface area (Å²) in [5, 5.41) is 5.98. The molecule has 0 radical (unpaired) electrons. The van der Waals surface area contributed by atoms with Gasteiger partial charge in [0.25, 0.3) is 0 Å². The monoisotopic (exact) mass is 222 g/mol. The fraction of sp³-hybridized carbons (Fsp3) is 0.889. The SMILES string of the molecule is CC(C)(C)OC(=O)N[C@@H]1CCNC1.Cl. The number of nitrogens with one attached hydrogen (secondary N) is 2. The van der Waals surface area contributed by atoms with Crippen LogP contribution in [0.15, 0.2) is 0 Å².